The van der Waals surface area contributed by atoms with Gasteiger partial charge in [0.15, 0.2) is 0 Å². The maximum Gasteiger partial charge on any atom is 0.310 e. The van der Waals surface area contributed by atoms with Crippen LogP contribution in [-0.2, 0) is 19.6 Å². The first-order valence-electron chi connectivity index (χ1n) is 6.49. The number of carbonyl (C=O) groups excluding carboxylic acids is 1. The number of ether oxygens (including phenoxy) is 1. The largest absolute Gasteiger partial charge is 0.469 e. The standard InChI is InChI=1S/C14H16N2O4S/c1-10-8-16(9-12(10)14(17)20-2)21(18,19)13-6-4-3-5-11(13)7-15/h3-6,10,12H,8-9H2,1-2H3. The molecule has 1 aliphatic heterocycles. The average molecular weight is 308 g/mol. The van der Waals surface area contributed by atoms with E-state index in [-0.39, 0.29) is 29.5 Å². The van der Waals surface area contributed by atoms with Gasteiger partial charge in [-0.05, 0) is 18.1 Å². The van der Waals surface area contributed by atoms with E-state index in [1.165, 1.54) is 23.5 Å². The van der Waals surface area contributed by atoms with Crippen molar-refractivity contribution in [3.05, 3.63) is 29.8 Å². The summed E-state index contributed by atoms with van der Waals surface area (Å²) in [5, 5.41) is 9.05. The van der Waals surface area contributed by atoms with Crippen LogP contribution in [0.25, 0.3) is 0 Å². The fourth-order valence-corrected chi connectivity index (χ4v) is 4.21. The Hall–Kier alpha value is -1.91. The fraction of sp³-hybridized carbons (Fsp3) is 0.429. The second kappa shape index (κ2) is 5.84. The van der Waals surface area contributed by atoms with Gasteiger partial charge in [-0.25, -0.2) is 8.42 Å². The Bertz CT molecular complexity index is 693. The number of hydrogen-bond donors (Lipinski definition) is 0. The molecule has 0 aromatic heterocycles. The van der Waals surface area contributed by atoms with Gasteiger partial charge < -0.3 is 4.74 Å². The number of carbonyl (C=O) groups is 1. The highest BCUT2D eigenvalue weighted by molar-refractivity contribution is 7.89. The molecule has 2 atom stereocenters. The van der Waals surface area contributed by atoms with Crippen molar-refractivity contribution in [1.82, 2.24) is 4.31 Å². The minimum atomic E-state index is -3.79. The van der Waals surface area contributed by atoms with E-state index in [2.05, 4.69) is 0 Å². The molecule has 7 heteroatoms. The lowest BCUT2D eigenvalue weighted by Gasteiger charge is -2.16. The molecule has 0 amide bonds. The zero-order valence-electron chi connectivity index (χ0n) is 11.8. The Morgan fingerprint density at radius 1 is 1.38 bits per heavy atom. The summed E-state index contributed by atoms with van der Waals surface area (Å²) in [7, 11) is -2.50. The SMILES string of the molecule is COC(=O)C1CN(S(=O)(=O)c2ccccc2C#N)CC1C. The third-order valence-corrected chi connectivity index (χ3v) is 5.60. The van der Waals surface area contributed by atoms with E-state index >= 15 is 0 Å². The number of sulfonamides is 1. The summed E-state index contributed by atoms with van der Waals surface area (Å²) in [5.41, 5.74) is 0.103. The molecule has 1 aromatic rings. The maximum atomic E-state index is 12.6. The fourth-order valence-electron chi connectivity index (χ4n) is 2.50. The summed E-state index contributed by atoms with van der Waals surface area (Å²) in [4.78, 5) is 11.6. The molecule has 0 spiro atoms. The van der Waals surface area contributed by atoms with Crippen LogP contribution in [0.3, 0.4) is 0 Å². The highest BCUT2D eigenvalue weighted by Crippen LogP contribution is 2.30. The predicted molar refractivity (Wildman–Crippen MR) is 74.6 cm³/mol. The van der Waals surface area contributed by atoms with Gasteiger partial charge in [-0.2, -0.15) is 9.57 Å². The number of esters is 1. The molecule has 0 N–H and O–H groups in total. The van der Waals surface area contributed by atoms with Crippen LogP contribution in [0.4, 0.5) is 0 Å². The van der Waals surface area contributed by atoms with Crippen molar-refractivity contribution in [2.45, 2.75) is 11.8 Å². The molecule has 1 saturated heterocycles. The molecule has 0 aliphatic carbocycles. The lowest BCUT2D eigenvalue weighted by atomic mass is 9.99. The first kappa shape index (κ1) is 15.5. The number of hydrogen-bond acceptors (Lipinski definition) is 5. The summed E-state index contributed by atoms with van der Waals surface area (Å²) >= 11 is 0. The van der Waals surface area contributed by atoms with Gasteiger partial charge >= 0.3 is 5.97 Å². The summed E-state index contributed by atoms with van der Waals surface area (Å²) in [5.74, 6) is -1.01. The molecule has 1 aliphatic rings. The summed E-state index contributed by atoms with van der Waals surface area (Å²) in [6.07, 6.45) is 0. The summed E-state index contributed by atoms with van der Waals surface area (Å²) in [6, 6.07) is 7.94. The van der Waals surface area contributed by atoms with Gasteiger partial charge in [0.25, 0.3) is 0 Å². The number of benzene rings is 1. The summed E-state index contributed by atoms with van der Waals surface area (Å²) < 4.78 is 31.2. The third-order valence-electron chi connectivity index (χ3n) is 3.71. The van der Waals surface area contributed by atoms with Gasteiger partial charge in [-0.15, -0.1) is 0 Å². The predicted octanol–water partition coefficient (Wildman–Crippen LogP) is 0.988. The third kappa shape index (κ3) is 2.77. The van der Waals surface area contributed by atoms with Crippen LogP contribution < -0.4 is 0 Å². The van der Waals surface area contributed by atoms with Crippen LogP contribution in [0, 0.1) is 23.2 Å². The molecular weight excluding hydrogens is 292 g/mol. The normalized spacial score (nSPS) is 22.7. The number of nitriles is 1. The lowest BCUT2D eigenvalue weighted by Crippen LogP contribution is -2.30. The molecule has 0 radical (unpaired) electrons. The van der Waals surface area contributed by atoms with E-state index in [1.54, 1.807) is 12.1 Å². The Labute approximate surface area is 124 Å². The first-order chi connectivity index (χ1) is 9.91. The van der Waals surface area contributed by atoms with E-state index in [0.717, 1.165) is 0 Å². The van der Waals surface area contributed by atoms with Crippen LogP contribution >= 0.6 is 0 Å². The highest BCUT2D eigenvalue weighted by Gasteiger charge is 2.41. The van der Waals surface area contributed by atoms with Gasteiger partial charge in [0.1, 0.15) is 6.07 Å². The van der Waals surface area contributed by atoms with Crippen molar-refractivity contribution in [2.24, 2.45) is 11.8 Å². The van der Waals surface area contributed by atoms with E-state index in [9.17, 15) is 13.2 Å². The van der Waals surface area contributed by atoms with Gasteiger partial charge in [0, 0.05) is 13.1 Å². The second-order valence-corrected chi connectivity index (χ2v) is 6.94. The van der Waals surface area contributed by atoms with Crippen LogP contribution in [0.1, 0.15) is 12.5 Å². The van der Waals surface area contributed by atoms with Crippen LogP contribution in [-0.4, -0.2) is 38.9 Å². The number of nitrogens with zero attached hydrogens (tertiary/aromatic N) is 2. The van der Waals surface area contributed by atoms with Gasteiger partial charge in [0.2, 0.25) is 10.0 Å². The molecule has 2 unspecified atom stereocenters. The Balaban J connectivity index is 2.34. The lowest BCUT2D eigenvalue weighted by molar-refractivity contribution is -0.145. The zero-order valence-corrected chi connectivity index (χ0v) is 12.6. The smallest absolute Gasteiger partial charge is 0.310 e. The molecule has 112 valence electrons. The molecule has 0 saturated carbocycles. The number of methoxy groups -OCH3 is 1. The zero-order chi connectivity index (χ0) is 15.6. The molecular formula is C14H16N2O4S. The minimum Gasteiger partial charge on any atom is -0.469 e. The molecule has 2 rings (SSSR count). The van der Waals surface area contributed by atoms with Crippen LogP contribution in [0.5, 0.6) is 0 Å². The van der Waals surface area contributed by atoms with E-state index in [1.807, 2.05) is 13.0 Å². The monoisotopic (exact) mass is 308 g/mol. The van der Waals surface area contributed by atoms with Crippen molar-refractivity contribution in [3.63, 3.8) is 0 Å². The van der Waals surface area contributed by atoms with Crippen LogP contribution in [0.2, 0.25) is 0 Å². The van der Waals surface area contributed by atoms with E-state index in [4.69, 9.17) is 10.00 Å². The number of rotatable bonds is 3. The Kier molecular flexibility index (Phi) is 4.30. The Morgan fingerprint density at radius 3 is 2.67 bits per heavy atom. The van der Waals surface area contributed by atoms with E-state index in [0.29, 0.717) is 0 Å². The first-order valence-corrected chi connectivity index (χ1v) is 7.93. The molecule has 6 nitrogen and oxygen atoms in total. The van der Waals surface area contributed by atoms with Gasteiger partial charge in [-0.3, -0.25) is 4.79 Å². The molecule has 1 heterocycles. The maximum absolute atomic E-state index is 12.6. The Morgan fingerprint density at radius 2 is 2.05 bits per heavy atom. The quantitative estimate of drug-likeness (QED) is 0.777. The average Bonchev–Trinajstić information content (AvgIpc) is 2.89. The topological polar surface area (TPSA) is 87.5 Å². The van der Waals surface area contributed by atoms with Crippen molar-refractivity contribution < 1.29 is 17.9 Å². The molecule has 21 heavy (non-hydrogen) atoms. The van der Waals surface area contributed by atoms with Crippen molar-refractivity contribution >= 4 is 16.0 Å². The van der Waals surface area contributed by atoms with Crippen LogP contribution in [0.15, 0.2) is 29.2 Å². The van der Waals surface area contributed by atoms with Crippen molar-refractivity contribution in [2.75, 3.05) is 20.2 Å². The van der Waals surface area contributed by atoms with Gasteiger partial charge in [0.05, 0.1) is 23.5 Å². The molecule has 1 fully saturated rings. The molecule has 0 bridgehead atoms. The summed E-state index contributed by atoms with van der Waals surface area (Å²) in [6.45, 7) is 2.13. The van der Waals surface area contributed by atoms with Crippen molar-refractivity contribution in [1.29, 1.82) is 5.26 Å². The van der Waals surface area contributed by atoms with E-state index < -0.39 is 21.9 Å². The highest BCUT2D eigenvalue weighted by atomic mass is 32.2. The second-order valence-electron chi connectivity index (χ2n) is 5.04. The molecule has 1 aromatic carbocycles. The van der Waals surface area contributed by atoms with Crippen molar-refractivity contribution in [3.8, 4) is 6.07 Å². The minimum absolute atomic E-state index is 0.0229. The van der Waals surface area contributed by atoms with Gasteiger partial charge in [-0.1, -0.05) is 19.1 Å².